The lowest BCUT2D eigenvalue weighted by Gasteiger charge is -2.08. The van der Waals surface area contributed by atoms with E-state index in [0.717, 1.165) is 17.4 Å². The fourth-order valence-corrected chi connectivity index (χ4v) is 3.10. The Morgan fingerprint density at radius 3 is 2.77 bits per heavy atom. The molecular weight excluding hydrogens is 321 g/mol. The second-order valence-electron chi connectivity index (χ2n) is 5.66. The van der Waals surface area contributed by atoms with Gasteiger partial charge in [-0.25, -0.2) is 9.37 Å². The van der Waals surface area contributed by atoms with E-state index < -0.39 is 5.82 Å². The molecule has 2 heterocycles. The molecule has 0 spiro atoms. The number of pyridine rings is 1. The standard InChI is InChI=1S/C17H15ClFNOS/c1-9(2)7-10-8-21-15-11(10)3-4-13(16(15)22)12-5-6-20-17(18)14(12)19/h3-6,8-9,22H,7H2,1-2H3. The maximum absolute atomic E-state index is 14.2. The molecule has 2 aromatic heterocycles. The summed E-state index contributed by atoms with van der Waals surface area (Å²) >= 11 is 10.3. The Balaban J connectivity index is 2.17. The first-order valence-corrected chi connectivity index (χ1v) is 7.84. The van der Waals surface area contributed by atoms with E-state index in [1.807, 2.05) is 12.1 Å². The molecule has 3 rings (SSSR count). The summed E-state index contributed by atoms with van der Waals surface area (Å²) in [5.74, 6) is -0.0203. The van der Waals surface area contributed by atoms with E-state index in [-0.39, 0.29) is 5.15 Å². The van der Waals surface area contributed by atoms with Crippen molar-refractivity contribution in [3.8, 4) is 11.1 Å². The molecular formula is C17H15ClFNOS. The fraction of sp³-hybridized carbons (Fsp3) is 0.235. The van der Waals surface area contributed by atoms with E-state index in [1.54, 1.807) is 12.3 Å². The number of furan rings is 1. The predicted octanol–water partition coefficient (Wildman–Crippen LogP) is 5.77. The third-order valence-corrected chi connectivity index (χ3v) is 4.27. The van der Waals surface area contributed by atoms with Crippen molar-refractivity contribution in [1.29, 1.82) is 0 Å². The Kier molecular flexibility index (Phi) is 4.15. The van der Waals surface area contributed by atoms with Gasteiger partial charge >= 0.3 is 0 Å². The molecule has 0 saturated carbocycles. The second kappa shape index (κ2) is 5.94. The Hall–Kier alpha value is -1.52. The van der Waals surface area contributed by atoms with E-state index in [9.17, 15) is 4.39 Å². The van der Waals surface area contributed by atoms with Crippen molar-refractivity contribution in [3.05, 3.63) is 47.2 Å². The lowest BCUT2D eigenvalue weighted by Crippen LogP contribution is -1.93. The number of benzene rings is 1. The average Bonchev–Trinajstić information content (AvgIpc) is 2.86. The normalized spacial score (nSPS) is 11.5. The van der Waals surface area contributed by atoms with Crippen LogP contribution in [0.2, 0.25) is 5.15 Å². The highest BCUT2D eigenvalue weighted by molar-refractivity contribution is 7.80. The molecule has 0 N–H and O–H groups in total. The van der Waals surface area contributed by atoms with Crippen molar-refractivity contribution in [2.75, 3.05) is 0 Å². The average molecular weight is 336 g/mol. The molecule has 1 aromatic carbocycles. The molecule has 114 valence electrons. The molecule has 0 atom stereocenters. The van der Waals surface area contributed by atoms with Crippen molar-refractivity contribution >= 4 is 35.2 Å². The highest BCUT2D eigenvalue weighted by Gasteiger charge is 2.17. The summed E-state index contributed by atoms with van der Waals surface area (Å²) in [6.45, 7) is 4.31. The van der Waals surface area contributed by atoms with E-state index >= 15 is 0 Å². The van der Waals surface area contributed by atoms with Gasteiger partial charge in [-0.05, 0) is 24.0 Å². The quantitative estimate of drug-likeness (QED) is 0.485. The van der Waals surface area contributed by atoms with Gasteiger partial charge in [0.2, 0.25) is 0 Å². The topological polar surface area (TPSA) is 26.0 Å². The minimum Gasteiger partial charge on any atom is -0.463 e. The first kappa shape index (κ1) is 15.4. The lowest BCUT2D eigenvalue weighted by molar-refractivity contribution is 0.589. The van der Waals surface area contributed by atoms with Gasteiger partial charge in [0.05, 0.1) is 11.2 Å². The molecule has 0 aliphatic heterocycles. The summed E-state index contributed by atoms with van der Waals surface area (Å²) in [7, 11) is 0. The van der Waals surface area contributed by atoms with Gasteiger partial charge in [0.1, 0.15) is 5.58 Å². The minimum absolute atomic E-state index is 0.148. The summed E-state index contributed by atoms with van der Waals surface area (Å²) < 4.78 is 19.9. The number of hydrogen-bond acceptors (Lipinski definition) is 3. The fourth-order valence-electron chi connectivity index (χ4n) is 2.58. The zero-order valence-corrected chi connectivity index (χ0v) is 13.9. The van der Waals surface area contributed by atoms with Crippen molar-refractivity contribution in [2.45, 2.75) is 25.2 Å². The number of hydrogen-bond donors (Lipinski definition) is 1. The minimum atomic E-state index is -0.548. The zero-order chi connectivity index (χ0) is 15.9. The van der Waals surface area contributed by atoms with Crippen LogP contribution in [0.3, 0.4) is 0 Å². The highest BCUT2D eigenvalue weighted by Crippen LogP contribution is 2.37. The summed E-state index contributed by atoms with van der Waals surface area (Å²) in [6, 6.07) is 5.37. The number of fused-ring (bicyclic) bond motifs is 1. The number of nitrogens with zero attached hydrogens (tertiary/aromatic N) is 1. The first-order valence-electron chi connectivity index (χ1n) is 7.01. The van der Waals surface area contributed by atoms with E-state index in [2.05, 4.69) is 31.5 Å². The Morgan fingerprint density at radius 1 is 1.27 bits per heavy atom. The largest absolute Gasteiger partial charge is 0.463 e. The van der Waals surface area contributed by atoms with Crippen LogP contribution in [-0.4, -0.2) is 4.98 Å². The Bertz CT molecular complexity index is 844. The Morgan fingerprint density at radius 2 is 2.05 bits per heavy atom. The van der Waals surface area contributed by atoms with Gasteiger partial charge in [0, 0.05) is 22.7 Å². The lowest BCUT2D eigenvalue weighted by atomic mass is 10.00. The van der Waals surface area contributed by atoms with Gasteiger partial charge in [0.25, 0.3) is 0 Å². The number of halogens is 2. The number of thiol groups is 1. The summed E-state index contributed by atoms with van der Waals surface area (Å²) in [5, 5.41) is 0.869. The summed E-state index contributed by atoms with van der Waals surface area (Å²) in [6.07, 6.45) is 4.16. The molecule has 0 aliphatic carbocycles. The van der Waals surface area contributed by atoms with E-state index in [0.29, 0.717) is 27.5 Å². The summed E-state index contributed by atoms with van der Waals surface area (Å²) in [5.41, 5.74) is 2.82. The second-order valence-corrected chi connectivity index (χ2v) is 6.47. The molecule has 0 aliphatic rings. The number of rotatable bonds is 3. The first-order chi connectivity index (χ1) is 10.5. The van der Waals surface area contributed by atoms with Crippen molar-refractivity contribution in [1.82, 2.24) is 4.98 Å². The predicted molar refractivity (Wildman–Crippen MR) is 90.2 cm³/mol. The van der Waals surface area contributed by atoms with Gasteiger partial charge in [0.15, 0.2) is 11.0 Å². The summed E-state index contributed by atoms with van der Waals surface area (Å²) in [4.78, 5) is 4.34. The van der Waals surface area contributed by atoms with Crippen molar-refractivity contribution in [3.63, 3.8) is 0 Å². The van der Waals surface area contributed by atoms with E-state index in [4.69, 9.17) is 16.0 Å². The van der Waals surface area contributed by atoms with Gasteiger partial charge in [-0.2, -0.15) is 0 Å². The van der Waals surface area contributed by atoms with Crippen molar-refractivity contribution < 1.29 is 8.81 Å². The highest BCUT2D eigenvalue weighted by atomic mass is 35.5. The molecule has 3 aromatic rings. The molecule has 2 nitrogen and oxygen atoms in total. The molecule has 0 radical (unpaired) electrons. The molecule has 22 heavy (non-hydrogen) atoms. The van der Waals surface area contributed by atoms with Gasteiger partial charge in [-0.15, -0.1) is 12.6 Å². The maximum Gasteiger partial charge on any atom is 0.168 e. The monoisotopic (exact) mass is 335 g/mol. The third kappa shape index (κ3) is 2.61. The van der Waals surface area contributed by atoms with Crippen LogP contribution in [0.25, 0.3) is 22.1 Å². The van der Waals surface area contributed by atoms with Gasteiger partial charge in [-0.1, -0.05) is 37.6 Å². The zero-order valence-electron chi connectivity index (χ0n) is 12.2. The molecule has 0 unspecified atom stereocenters. The number of aromatic nitrogens is 1. The Labute approximate surface area is 138 Å². The molecule has 0 amide bonds. The van der Waals surface area contributed by atoms with Crippen LogP contribution in [-0.2, 0) is 6.42 Å². The van der Waals surface area contributed by atoms with Crippen LogP contribution in [0, 0.1) is 11.7 Å². The van der Waals surface area contributed by atoms with Crippen LogP contribution in [0.15, 0.2) is 40.0 Å². The van der Waals surface area contributed by atoms with Crippen LogP contribution >= 0.6 is 24.2 Å². The van der Waals surface area contributed by atoms with E-state index in [1.165, 1.54) is 6.20 Å². The maximum atomic E-state index is 14.2. The van der Waals surface area contributed by atoms with Gasteiger partial charge in [-0.3, -0.25) is 0 Å². The van der Waals surface area contributed by atoms with Crippen LogP contribution < -0.4 is 0 Å². The van der Waals surface area contributed by atoms with Gasteiger partial charge < -0.3 is 4.42 Å². The van der Waals surface area contributed by atoms with Crippen molar-refractivity contribution in [2.24, 2.45) is 5.92 Å². The van der Waals surface area contributed by atoms with Crippen LogP contribution in [0.5, 0.6) is 0 Å². The molecule has 0 saturated heterocycles. The van der Waals surface area contributed by atoms with Crippen LogP contribution in [0.4, 0.5) is 4.39 Å². The SMILES string of the molecule is CC(C)Cc1coc2c(S)c(-c3ccnc(Cl)c3F)ccc12. The third-order valence-electron chi connectivity index (χ3n) is 3.56. The van der Waals surface area contributed by atoms with Crippen LogP contribution in [0.1, 0.15) is 19.4 Å². The molecule has 5 heteroatoms. The molecule has 0 fully saturated rings. The molecule has 0 bridgehead atoms. The smallest absolute Gasteiger partial charge is 0.168 e.